The van der Waals surface area contributed by atoms with Crippen LogP contribution >= 0.6 is 23.4 Å². The number of anilines is 1. The molecule has 1 aromatic heterocycles. The van der Waals surface area contributed by atoms with Gasteiger partial charge in [-0.05, 0) is 49.2 Å². The maximum Gasteiger partial charge on any atom is 0.234 e. The first-order chi connectivity index (χ1) is 14.7. The molecule has 1 amide bonds. The molecular formula is C22H23ClN4O2S. The van der Waals surface area contributed by atoms with Crippen molar-refractivity contribution in [2.24, 2.45) is 0 Å². The van der Waals surface area contributed by atoms with Crippen molar-refractivity contribution >= 4 is 35.0 Å². The van der Waals surface area contributed by atoms with Crippen LogP contribution in [0, 0.1) is 0 Å². The highest BCUT2D eigenvalue weighted by molar-refractivity contribution is 7.99. The Labute approximate surface area is 185 Å². The Morgan fingerprint density at radius 2 is 1.90 bits per heavy atom. The first-order valence-electron chi connectivity index (χ1n) is 9.92. The quantitative estimate of drug-likeness (QED) is 0.492. The number of amides is 1. The second kappa shape index (κ2) is 9.53. The number of thioether (sulfide) groups is 1. The number of carbonyl (C=O) groups excluding carboxylic acids is 1. The summed E-state index contributed by atoms with van der Waals surface area (Å²) in [7, 11) is 1.61. The number of aromatic nitrogens is 3. The van der Waals surface area contributed by atoms with Crippen molar-refractivity contribution in [2.45, 2.75) is 36.9 Å². The van der Waals surface area contributed by atoms with E-state index in [9.17, 15) is 4.79 Å². The molecule has 6 nitrogen and oxygen atoms in total. The minimum Gasteiger partial charge on any atom is -0.497 e. The van der Waals surface area contributed by atoms with Crippen LogP contribution in [0.2, 0.25) is 5.02 Å². The zero-order valence-electron chi connectivity index (χ0n) is 16.7. The van der Waals surface area contributed by atoms with E-state index in [0.29, 0.717) is 11.1 Å². The lowest BCUT2D eigenvalue weighted by Crippen LogP contribution is -2.15. The SMILES string of the molecule is COc1ccc(NC(=O)CSc2nnc(-c3ccccc3Cl)n2C2CCCC2)cc1. The van der Waals surface area contributed by atoms with Crippen LogP contribution in [0.25, 0.3) is 11.4 Å². The lowest BCUT2D eigenvalue weighted by molar-refractivity contribution is -0.113. The summed E-state index contributed by atoms with van der Waals surface area (Å²) in [5.41, 5.74) is 1.60. The van der Waals surface area contributed by atoms with Crippen LogP contribution in [0.3, 0.4) is 0 Å². The zero-order valence-corrected chi connectivity index (χ0v) is 18.2. The first kappa shape index (κ1) is 20.8. The molecule has 4 rings (SSSR count). The summed E-state index contributed by atoms with van der Waals surface area (Å²) in [6, 6.07) is 15.3. The monoisotopic (exact) mass is 442 g/mol. The summed E-state index contributed by atoms with van der Waals surface area (Å²) in [6.07, 6.45) is 4.54. The molecule has 3 aromatic rings. The summed E-state index contributed by atoms with van der Waals surface area (Å²) in [5.74, 6) is 1.68. The molecule has 0 radical (unpaired) electrons. The highest BCUT2D eigenvalue weighted by Gasteiger charge is 2.26. The molecule has 0 spiro atoms. The number of hydrogen-bond acceptors (Lipinski definition) is 5. The Morgan fingerprint density at radius 3 is 2.60 bits per heavy atom. The van der Waals surface area contributed by atoms with Gasteiger partial charge in [-0.1, -0.05) is 48.3 Å². The third-order valence-electron chi connectivity index (χ3n) is 5.18. The van der Waals surface area contributed by atoms with Crippen molar-refractivity contribution in [1.29, 1.82) is 0 Å². The van der Waals surface area contributed by atoms with Crippen molar-refractivity contribution in [3.05, 3.63) is 53.6 Å². The Bertz CT molecular complexity index is 1020. The minimum atomic E-state index is -0.0922. The second-order valence-corrected chi connectivity index (χ2v) is 8.51. The number of nitrogens with zero attached hydrogens (tertiary/aromatic N) is 3. The second-order valence-electron chi connectivity index (χ2n) is 7.16. The standard InChI is InChI=1S/C22H23ClN4O2S/c1-29-17-12-10-15(11-13-17)24-20(28)14-30-22-26-25-21(18-8-4-5-9-19(18)23)27(22)16-6-2-3-7-16/h4-5,8-13,16H,2-3,6-7,14H2,1H3,(H,24,28). The lowest BCUT2D eigenvalue weighted by Gasteiger charge is -2.17. The van der Waals surface area contributed by atoms with E-state index in [0.717, 1.165) is 40.8 Å². The molecule has 1 saturated carbocycles. The van der Waals surface area contributed by atoms with Gasteiger partial charge in [-0.15, -0.1) is 10.2 Å². The predicted molar refractivity (Wildman–Crippen MR) is 120 cm³/mol. The summed E-state index contributed by atoms with van der Waals surface area (Å²) >= 11 is 7.82. The van der Waals surface area contributed by atoms with Gasteiger partial charge in [0.25, 0.3) is 0 Å². The van der Waals surface area contributed by atoms with Crippen LogP contribution in [0.1, 0.15) is 31.7 Å². The third-order valence-corrected chi connectivity index (χ3v) is 6.45. The summed E-state index contributed by atoms with van der Waals surface area (Å²) < 4.78 is 7.31. The molecule has 0 bridgehead atoms. The Balaban J connectivity index is 1.50. The largest absolute Gasteiger partial charge is 0.497 e. The van der Waals surface area contributed by atoms with Crippen LogP contribution < -0.4 is 10.1 Å². The predicted octanol–water partition coefficient (Wildman–Crippen LogP) is 5.45. The van der Waals surface area contributed by atoms with Crippen molar-refractivity contribution in [2.75, 3.05) is 18.2 Å². The fraction of sp³-hybridized carbons (Fsp3) is 0.318. The number of benzene rings is 2. The maximum atomic E-state index is 12.5. The van der Waals surface area contributed by atoms with Crippen LogP contribution in [-0.2, 0) is 4.79 Å². The molecule has 0 atom stereocenters. The van der Waals surface area contributed by atoms with Crippen LogP contribution in [0.4, 0.5) is 5.69 Å². The number of halogens is 1. The highest BCUT2D eigenvalue weighted by atomic mass is 35.5. The zero-order chi connectivity index (χ0) is 20.9. The van der Waals surface area contributed by atoms with Gasteiger partial charge in [0.2, 0.25) is 5.91 Å². The molecule has 1 aliphatic rings. The summed E-state index contributed by atoms with van der Waals surface area (Å²) in [5, 5.41) is 13.1. The topological polar surface area (TPSA) is 69.0 Å². The number of hydrogen-bond donors (Lipinski definition) is 1. The number of methoxy groups -OCH3 is 1. The van der Waals surface area contributed by atoms with Gasteiger partial charge < -0.3 is 10.1 Å². The molecule has 1 heterocycles. The van der Waals surface area contributed by atoms with E-state index < -0.39 is 0 Å². The van der Waals surface area contributed by atoms with E-state index in [1.165, 1.54) is 24.6 Å². The molecule has 156 valence electrons. The molecule has 0 unspecified atom stereocenters. The Hall–Kier alpha value is -2.51. The number of rotatable bonds is 7. The van der Waals surface area contributed by atoms with Crippen LogP contribution in [-0.4, -0.2) is 33.5 Å². The van der Waals surface area contributed by atoms with Gasteiger partial charge in [0, 0.05) is 17.3 Å². The molecule has 1 N–H and O–H groups in total. The number of ether oxygens (including phenoxy) is 1. The molecule has 0 aliphatic heterocycles. The van der Waals surface area contributed by atoms with Gasteiger partial charge in [0.15, 0.2) is 11.0 Å². The normalized spacial score (nSPS) is 14.1. The average molecular weight is 443 g/mol. The van der Waals surface area contributed by atoms with Crippen molar-refractivity contribution in [1.82, 2.24) is 14.8 Å². The fourth-order valence-electron chi connectivity index (χ4n) is 3.69. The van der Waals surface area contributed by atoms with Crippen molar-refractivity contribution in [3.63, 3.8) is 0 Å². The van der Waals surface area contributed by atoms with E-state index in [4.69, 9.17) is 16.3 Å². The van der Waals surface area contributed by atoms with Gasteiger partial charge in [0.05, 0.1) is 17.9 Å². The molecule has 8 heteroatoms. The third kappa shape index (κ3) is 4.63. The average Bonchev–Trinajstić information content (AvgIpc) is 3.43. The van der Waals surface area contributed by atoms with Crippen LogP contribution in [0.5, 0.6) is 5.75 Å². The lowest BCUT2D eigenvalue weighted by atomic mass is 10.2. The molecule has 2 aromatic carbocycles. The van der Waals surface area contributed by atoms with E-state index in [1.54, 1.807) is 7.11 Å². The van der Waals surface area contributed by atoms with E-state index in [1.807, 2.05) is 48.5 Å². The van der Waals surface area contributed by atoms with E-state index >= 15 is 0 Å². The van der Waals surface area contributed by atoms with Gasteiger partial charge in [-0.25, -0.2) is 0 Å². The van der Waals surface area contributed by atoms with Gasteiger partial charge in [-0.3, -0.25) is 9.36 Å². The Morgan fingerprint density at radius 1 is 1.17 bits per heavy atom. The van der Waals surface area contributed by atoms with E-state index in [-0.39, 0.29) is 11.7 Å². The Kier molecular flexibility index (Phi) is 6.59. The fourth-order valence-corrected chi connectivity index (χ4v) is 4.72. The highest BCUT2D eigenvalue weighted by Crippen LogP contribution is 2.38. The van der Waals surface area contributed by atoms with Crippen molar-refractivity contribution < 1.29 is 9.53 Å². The minimum absolute atomic E-state index is 0.0922. The van der Waals surface area contributed by atoms with E-state index in [2.05, 4.69) is 20.1 Å². The number of nitrogens with one attached hydrogen (secondary N) is 1. The first-order valence-corrected chi connectivity index (χ1v) is 11.3. The van der Waals surface area contributed by atoms with Gasteiger partial charge >= 0.3 is 0 Å². The smallest absolute Gasteiger partial charge is 0.234 e. The molecule has 1 aliphatic carbocycles. The van der Waals surface area contributed by atoms with Gasteiger partial charge in [0.1, 0.15) is 5.75 Å². The van der Waals surface area contributed by atoms with Crippen molar-refractivity contribution in [3.8, 4) is 17.1 Å². The molecule has 0 saturated heterocycles. The molecular weight excluding hydrogens is 420 g/mol. The molecule has 30 heavy (non-hydrogen) atoms. The maximum absolute atomic E-state index is 12.5. The summed E-state index contributed by atoms with van der Waals surface area (Å²) in [6.45, 7) is 0. The summed E-state index contributed by atoms with van der Waals surface area (Å²) in [4.78, 5) is 12.5. The van der Waals surface area contributed by atoms with Crippen LogP contribution in [0.15, 0.2) is 53.7 Å². The molecule has 1 fully saturated rings. The van der Waals surface area contributed by atoms with Gasteiger partial charge in [-0.2, -0.15) is 0 Å². The number of carbonyl (C=O) groups is 1.